The molecule has 0 saturated carbocycles. The molecule has 57 heavy (non-hydrogen) atoms. The summed E-state index contributed by atoms with van der Waals surface area (Å²) < 4.78 is 6.73. The van der Waals surface area contributed by atoms with Crippen LogP contribution in [0, 0.1) is 17.8 Å². The number of allylic oxidation sites excluding steroid dienone is 21. The first kappa shape index (κ1) is 33.8. The fourth-order valence-electron chi connectivity index (χ4n) is 12.5. The van der Waals surface area contributed by atoms with Gasteiger partial charge in [-0.1, -0.05) is 121 Å². The number of ether oxygens (including phenoxy) is 1. The molecular formula is C55H51NO. The maximum atomic E-state index is 6.73. The summed E-state index contributed by atoms with van der Waals surface area (Å²) in [5.41, 5.74) is 17.5. The minimum absolute atomic E-state index is 0.147. The molecule has 2 nitrogen and oxygen atoms in total. The van der Waals surface area contributed by atoms with Crippen molar-refractivity contribution in [3.63, 3.8) is 0 Å². The molecule has 0 N–H and O–H groups in total. The highest BCUT2D eigenvalue weighted by Crippen LogP contribution is 2.66. The Labute approximate surface area is 338 Å². The second kappa shape index (κ2) is 13.4. The van der Waals surface area contributed by atoms with Gasteiger partial charge in [-0.05, 0) is 145 Å². The topological polar surface area (TPSA) is 12.5 Å². The van der Waals surface area contributed by atoms with Crippen LogP contribution in [0.25, 0.3) is 5.57 Å². The van der Waals surface area contributed by atoms with Crippen LogP contribution in [-0.2, 0) is 10.2 Å². The Hall–Kier alpha value is -5.34. The molecule has 1 spiro atoms. The van der Waals surface area contributed by atoms with Gasteiger partial charge in [0.1, 0.15) is 11.9 Å². The number of benzene rings is 2. The van der Waals surface area contributed by atoms with E-state index in [4.69, 9.17) is 4.74 Å². The summed E-state index contributed by atoms with van der Waals surface area (Å²) in [4.78, 5) is 2.74. The van der Waals surface area contributed by atoms with Gasteiger partial charge < -0.3 is 9.64 Å². The maximum Gasteiger partial charge on any atom is 0.124 e. The van der Waals surface area contributed by atoms with Gasteiger partial charge in [0, 0.05) is 40.6 Å². The van der Waals surface area contributed by atoms with Crippen LogP contribution in [0.1, 0.15) is 92.4 Å². The van der Waals surface area contributed by atoms with Crippen LogP contribution in [0.15, 0.2) is 191 Å². The lowest BCUT2D eigenvalue weighted by Crippen LogP contribution is -2.40. The van der Waals surface area contributed by atoms with Crippen LogP contribution in [0.3, 0.4) is 0 Å². The molecule has 7 atom stereocenters. The zero-order chi connectivity index (χ0) is 37.5. The van der Waals surface area contributed by atoms with Gasteiger partial charge in [0.2, 0.25) is 0 Å². The molecule has 2 aromatic carbocycles. The van der Waals surface area contributed by atoms with E-state index in [0.29, 0.717) is 23.7 Å². The van der Waals surface area contributed by atoms with Crippen LogP contribution < -0.4 is 4.90 Å². The molecule has 2 aromatic rings. The molecule has 0 fully saturated rings. The van der Waals surface area contributed by atoms with Crippen molar-refractivity contribution in [2.45, 2.75) is 87.7 Å². The van der Waals surface area contributed by atoms with Gasteiger partial charge in [-0.3, -0.25) is 0 Å². The average molecular weight is 742 g/mol. The third-order valence-corrected chi connectivity index (χ3v) is 15.0. The Bertz CT molecular complexity index is 2490. The number of hydrogen-bond donors (Lipinski definition) is 0. The van der Waals surface area contributed by atoms with E-state index in [9.17, 15) is 0 Å². The molecule has 0 aromatic heterocycles. The second-order valence-electron chi connectivity index (χ2n) is 17.7. The van der Waals surface area contributed by atoms with Gasteiger partial charge >= 0.3 is 0 Å². The normalized spacial score (nSPS) is 32.2. The Morgan fingerprint density at radius 2 is 1.68 bits per heavy atom. The predicted octanol–water partition coefficient (Wildman–Crippen LogP) is 13.1. The summed E-state index contributed by atoms with van der Waals surface area (Å²) in [5, 5.41) is 0. The van der Waals surface area contributed by atoms with E-state index in [2.05, 4.69) is 157 Å². The van der Waals surface area contributed by atoms with Crippen molar-refractivity contribution in [1.82, 2.24) is 0 Å². The highest BCUT2D eigenvalue weighted by molar-refractivity contribution is 5.90. The van der Waals surface area contributed by atoms with Crippen LogP contribution in [0.2, 0.25) is 0 Å². The summed E-state index contributed by atoms with van der Waals surface area (Å²) in [6, 6.07) is 17.3. The molecule has 0 amide bonds. The van der Waals surface area contributed by atoms with Crippen molar-refractivity contribution in [1.29, 1.82) is 0 Å². The molecule has 9 aliphatic carbocycles. The van der Waals surface area contributed by atoms with Gasteiger partial charge in [-0.25, -0.2) is 0 Å². The Morgan fingerprint density at radius 3 is 2.58 bits per heavy atom. The molecule has 282 valence electrons. The molecule has 12 rings (SSSR count). The molecule has 7 unspecified atom stereocenters. The van der Waals surface area contributed by atoms with E-state index in [1.165, 1.54) is 50.4 Å². The number of rotatable bonds is 5. The van der Waals surface area contributed by atoms with Crippen LogP contribution in [0.5, 0.6) is 0 Å². The highest BCUT2D eigenvalue weighted by atomic mass is 16.5. The van der Waals surface area contributed by atoms with Crippen molar-refractivity contribution in [2.24, 2.45) is 17.8 Å². The van der Waals surface area contributed by atoms with E-state index in [1.54, 1.807) is 16.7 Å². The van der Waals surface area contributed by atoms with Crippen molar-refractivity contribution in [3.05, 3.63) is 213 Å². The average Bonchev–Trinajstić information content (AvgIpc) is 3.91. The van der Waals surface area contributed by atoms with Crippen molar-refractivity contribution < 1.29 is 4.74 Å². The Balaban J connectivity index is 1.04. The summed E-state index contributed by atoms with van der Waals surface area (Å²) in [6.07, 6.45) is 54.5. The van der Waals surface area contributed by atoms with Crippen molar-refractivity contribution in [3.8, 4) is 0 Å². The molecule has 0 saturated heterocycles. The monoisotopic (exact) mass is 741 g/mol. The quantitative estimate of drug-likeness (QED) is 0.283. The molecular weight excluding hydrogens is 691 g/mol. The minimum atomic E-state index is -0.250. The van der Waals surface area contributed by atoms with E-state index in [-0.39, 0.29) is 17.6 Å². The third-order valence-electron chi connectivity index (χ3n) is 15.0. The lowest BCUT2D eigenvalue weighted by atomic mass is 9.63. The van der Waals surface area contributed by atoms with E-state index >= 15 is 0 Å². The molecule has 0 radical (unpaired) electrons. The fourth-order valence-corrected chi connectivity index (χ4v) is 12.5. The number of hydrogen-bond acceptors (Lipinski definition) is 2. The van der Waals surface area contributed by atoms with Crippen LogP contribution >= 0.6 is 0 Å². The first-order valence-corrected chi connectivity index (χ1v) is 21.9. The van der Waals surface area contributed by atoms with E-state index in [0.717, 1.165) is 70.0 Å². The molecule has 2 heteroatoms. The SMILES string of the molecule is C1=CCCC(C2=CC3=C(CC2)c2ccc(N(C4=CCC(C5=CCCC=C5)C=C4)C4CC=CC5=C4C4CCC=CC4O5)cc2C32c3ccccc3C3C=CC=CC32)=C1. The summed E-state index contributed by atoms with van der Waals surface area (Å²) in [5.74, 6) is 2.64. The van der Waals surface area contributed by atoms with Crippen LogP contribution in [0.4, 0.5) is 5.69 Å². The summed E-state index contributed by atoms with van der Waals surface area (Å²) in [6.45, 7) is 0. The number of fused-ring (bicyclic) bond motifs is 11. The Morgan fingerprint density at radius 1 is 0.719 bits per heavy atom. The summed E-state index contributed by atoms with van der Waals surface area (Å²) >= 11 is 0. The smallest absolute Gasteiger partial charge is 0.124 e. The lowest BCUT2D eigenvalue weighted by Gasteiger charge is -2.41. The first-order valence-electron chi connectivity index (χ1n) is 21.9. The number of nitrogens with zero attached hydrogens (tertiary/aromatic N) is 1. The van der Waals surface area contributed by atoms with Crippen molar-refractivity contribution in [2.75, 3.05) is 4.90 Å². The van der Waals surface area contributed by atoms with E-state index in [1.807, 2.05) is 0 Å². The summed E-state index contributed by atoms with van der Waals surface area (Å²) in [7, 11) is 0. The van der Waals surface area contributed by atoms with Gasteiger partial charge in [0.15, 0.2) is 0 Å². The minimum Gasteiger partial charge on any atom is -0.486 e. The standard InChI is InChI=1S/C55H51NO/c1-3-14-36(15-4-1)38-26-29-40(30-27-38)56(51-23-13-25-53-54(51)46-20-9-12-24-52(46)57-53)41-31-33-45-44-32-28-39(37-16-5-2-6-17-37)34-49(44)55(50(45)35-41)47-21-10-7-18-42(47)43-19-8-11-22-48(43)55/h2-3,5,7-8,10-16,18-19,21-22,24-26,29-31,33-35,38,42,46-47,51-52H,1,4,6,9,17,20,23,27-28,32H2. The van der Waals surface area contributed by atoms with Crippen LogP contribution in [-0.4, -0.2) is 12.1 Å². The van der Waals surface area contributed by atoms with Gasteiger partial charge in [0.05, 0.1) is 11.5 Å². The fraction of sp³-hybridized carbons (Fsp3) is 0.309. The highest BCUT2D eigenvalue weighted by Gasteiger charge is 2.58. The molecule has 1 aliphatic heterocycles. The van der Waals surface area contributed by atoms with E-state index < -0.39 is 0 Å². The molecule has 0 bridgehead atoms. The Kier molecular flexibility index (Phi) is 7.92. The number of anilines is 1. The largest absolute Gasteiger partial charge is 0.486 e. The van der Waals surface area contributed by atoms with Gasteiger partial charge in [-0.15, -0.1) is 0 Å². The predicted molar refractivity (Wildman–Crippen MR) is 234 cm³/mol. The third kappa shape index (κ3) is 5.08. The first-order chi connectivity index (χ1) is 28.3. The zero-order valence-corrected chi connectivity index (χ0v) is 32.8. The molecule has 1 heterocycles. The zero-order valence-electron chi connectivity index (χ0n) is 32.8. The van der Waals surface area contributed by atoms with Gasteiger partial charge in [0.25, 0.3) is 0 Å². The van der Waals surface area contributed by atoms with Crippen molar-refractivity contribution >= 4 is 11.3 Å². The lowest BCUT2D eigenvalue weighted by molar-refractivity contribution is 0.153. The second-order valence-corrected chi connectivity index (χ2v) is 17.7. The molecule has 10 aliphatic rings. The maximum absolute atomic E-state index is 6.73. The van der Waals surface area contributed by atoms with Gasteiger partial charge in [-0.2, -0.15) is 0 Å².